The van der Waals surface area contributed by atoms with Crippen LogP contribution in [0, 0.1) is 11.3 Å². The molecule has 6 nitrogen and oxygen atoms in total. The van der Waals surface area contributed by atoms with Gasteiger partial charge < -0.3 is 14.4 Å². The Morgan fingerprint density at radius 3 is 2.72 bits per heavy atom. The first-order chi connectivity index (χ1) is 15.5. The van der Waals surface area contributed by atoms with Gasteiger partial charge in [0.25, 0.3) is 5.19 Å². The van der Waals surface area contributed by atoms with Crippen LogP contribution in [0.1, 0.15) is 33.3 Å². The maximum atomic E-state index is 11.1. The molecule has 0 unspecified atom stereocenters. The van der Waals surface area contributed by atoms with E-state index < -0.39 is 5.97 Å². The Morgan fingerprint density at radius 1 is 1.28 bits per heavy atom. The Balaban J connectivity index is 1.74. The number of allylic oxidation sites excluding steroid dienone is 1. The maximum Gasteiger partial charge on any atom is 0.335 e. The molecule has 32 heavy (non-hydrogen) atoms. The van der Waals surface area contributed by atoms with Gasteiger partial charge in [0.15, 0.2) is 0 Å². The molecule has 0 atom stereocenters. The fourth-order valence-electron chi connectivity index (χ4n) is 3.39. The van der Waals surface area contributed by atoms with Gasteiger partial charge in [0.2, 0.25) is 0 Å². The van der Waals surface area contributed by atoms with Gasteiger partial charge in [-0.3, -0.25) is 0 Å². The van der Waals surface area contributed by atoms with Crippen molar-refractivity contribution in [3.63, 3.8) is 0 Å². The third-order valence-corrected chi connectivity index (χ3v) is 5.99. The fraction of sp³-hybridized carbons (Fsp3) is 0.125. The largest absolute Gasteiger partial charge is 0.478 e. The minimum absolute atomic E-state index is 0.174. The van der Waals surface area contributed by atoms with Crippen LogP contribution < -0.4 is 4.74 Å². The van der Waals surface area contributed by atoms with E-state index in [-0.39, 0.29) is 5.56 Å². The summed E-state index contributed by atoms with van der Waals surface area (Å²) in [5.74, 6) is -1.01. The normalized spacial score (nSPS) is 11.5. The standard InChI is InChI=1S/C24H18ClN3O3S/c1-2-31-24-27-12-20(32-24)14-28-13-18(21-8-7-19(25)10-22(21)28)9-17(11-26)15-3-5-16(6-4-15)23(29)30/h3-10,12-13H,2,14H2,1H3,(H,29,30)/b17-9+. The average molecular weight is 464 g/mol. The quantitative estimate of drug-likeness (QED) is 0.341. The van der Waals surface area contributed by atoms with Crippen molar-refractivity contribution in [1.82, 2.24) is 9.55 Å². The van der Waals surface area contributed by atoms with Gasteiger partial charge in [-0.1, -0.05) is 41.1 Å². The second-order valence-corrected chi connectivity index (χ2v) is 8.47. The number of carboxylic acids is 1. The number of halogens is 1. The van der Waals surface area contributed by atoms with Gasteiger partial charge in [-0.15, -0.1) is 0 Å². The Labute approximate surface area is 193 Å². The van der Waals surface area contributed by atoms with Crippen molar-refractivity contribution in [2.24, 2.45) is 0 Å². The number of benzene rings is 2. The number of thiazole rings is 1. The van der Waals surface area contributed by atoms with E-state index in [1.165, 1.54) is 23.5 Å². The third kappa shape index (κ3) is 4.52. The summed E-state index contributed by atoms with van der Waals surface area (Å²) in [6.45, 7) is 3.07. The number of aromatic nitrogens is 2. The van der Waals surface area contributed by atoms with Crippen LogP contribution in [0.5, 0.6) is 5.19 Å². The molecule has 0 bridgehead atoms. The summed E-state index contributed by atoms with van der Waals surface area (Å²) in [7, 11) is 0. The topological polar surface area (TPSA) is 88.1 Å². The summed E-state index contributed by atoms with van der Waals surface area (Å²) in [6, 6.07) is 14.1. The van der Waals surface area contributed by atoms with Crippen molar-refractivity contribution < 1.29 is 14.6 Å². The van der Waals surface area contributed by atoms with E-state index in [0.29, 0.717) is 34.5 Å². The molecule has 0 aliphatic carbocycles. The number of nitriles is 1. The molecular formula is C24H18ClN3O3S. The van der Waals surface area contributed by atoms with Gasteiger partial charge >= 0.3 is 5.97 Å². The Morgan fingerprint density at radius 2 is 2.03 bits per heavy atom. The molecule has 8 heteroatoms. The first-order valence-corrected chi connectivity index (χ1v) is 11.0. The number of rotatable bonds is 7. The number of hydrogen-bond acceptors (Lipinski definition) is 5. The predicted octanol–water partition coefficient (Wildman–Crippen LogP) is 5.96. The molecule has 0 aliphatic heterocycles. The highest BCUT2D eigenvalue weighted by Crippen LogP contribution is 2.30. The fourth-order valence-corrected chi connectivity index (χ4v) is 4.37. The molecule has 0 amide bonds. The van der Waals surface area contributed by atoms with Crippen molar-refractivity contribution >= 4 is 51.5 Å². The zero-order chi connectivity index (χ0) is 22.7. The summed E-state index contributed by atoms with van der Waals surface area (Å²) in [4.78, 5) is 16.4. The zero-order valence-electron chi connectivity index (χ0n) is 17.1. The SMILES string of the molecule is CCOc1ncc(Cn2cc(/C=C(\C#N)c3ccc(C(=O)O)cc3)c3ccc(Cl)cc32)s1. The number of carboxylic acid groups (broad SMARTS) is 1. The van der Waals surface area contributed by atoms with E-state index in [1.54, 1.807) is 24.4 Å². The first kappa shape index (κ1) is 21.6. The summed E-state index contributed by atoms with van der Waals surface area (Å²) in [5, 5.41) is 21.1. The molecule has 4 rings (SSSR count). The predicted molar refractivity (Wildman–Crippen MR) is 126 cm³/mol. The lowest BCUT2D eigenvalue weighted by Gasteiger charge is -2.03. The molecule has 0 aliphatic rings. The summed E-state index contributed by atoms with van der Waals surface area (Å²) in [5.41, 5.74) is 3.07. The van der Waals surface area contributed by atoms with E-state index in [1.807, 2.05) is 31.3 Å². The van der Waals surface area contributed by atoms with Crippen molar-refractivity contribution in [3.05, 3.63) is 81.4 Å². The van der Waals surface area contributed by atoms with Gasteiger partial charge in [0, 0.05) is 33.2 Å². The van der Waals surface area contributed by atoms with Crippen LogP contribution in [0.3, 0.4) is 0 Å². The van der Waals surface area contributed by atoms with Crippen LogP contribution in [0.2, 0.25) is 5.02 Å². The lowest BCUT2D eigenvalue weighted by atomic mass is 10.0. The molecule has 0 radical (unpaired) electrons. The Hall–Kier alpha value is -3.60. The highest BCUT2D eigenvalue weighted by Gasteiger charge is 2.12. The van der Waals surface area contributed by atoms with Crippen molar-refractivity contribution in [1.29, 1.82) is 5.26 Å². The van der Waals surface area contributed by atoms with Crippen LogP contribution in [-0.2, 0) is 6.54 Å². The summed E-state index contributed by atoms with van der Waals surface area (Å²) < 4.78 is 7.54. The van der Waals surface area contributed by atoms with Crippen molar-refractivity contribution in [3.8, 4) is 11.3 Å². The van der Waals surface area contributed by atoms with E-state index >= 15 is 0 Å². The summed E-state index contributed by atoms with van der Waals surface area (Å²) >= 11 is 7.75. The van der Waals surface area contributed by atoms with Gasteiger partial charge in [-0.05, 0) is 42.8 Å². The second-order valence-electron chi connectivity index (χ2n) is 6.95. The smallest absolute Gasteiger partial charge is 0.335 e. The minimum atomic E-state index is -1.01. The van der Waals surface area contributed by atoms with E-state index in [9.17, 15) is 10.1 Å². The number of aromatic carboxylic acids is 1. The molecule has 0 spiro atoms. The molecule has 2 heterocycles. The number of carbonyl (C=O) groups is 1. The van der Waals surface area contributed by atoms with Gasteiger partial charge in [0.05, 0.1) is 35.9 Å². The number of hydrogen-bond donors (Lipinski definition) is 1. The average Bonchev–Trinajstić information content (AvgIpc) is 3.36. The minimum Gasteiger partial charge on any atom is -0.478 e. The van der Waals surface area contributed by atoms with E-state index in [4.69, 9.17) is 21.4 Å². The third-order valence-electron chi connectivity index (χ3n) is 4.86. The number of ether oxygens (including phenoxy) is 1. The lowest BCUT2D eigenvalue weighted by molar-refractivity contribution is 0.0697. The molecule has 160 valence electrons. The Bertz CT molecular complexity index is 1360. The molecule has 2 aromatic heterocycles. The van der Waals surface area contributed by atoms with Crippen LogP contribution in [-0.4, -0.2) is 27.2 Å². The first-order valence-electron chi connectivity index (χ1n) is 9.80. The molecule has 1 N–H and O–H groups in total. The monoisotopic (exact) mass is 463 g/mol. The van der Waals surface area contributed by atoms with Crippen LogP contribution in [0.15, 0.2) is 54.9 Å². The van der Waals surface area contributed by atoms with Gasteiger partial charge in [0.1, 0.15) is 0 Å². The zero-order valence-corrected chi connectivity index (χ0v) is 18.7. The van der Waals surface area contributed by atoms with Crippen LogP contribution in [0.25, 0.3) is 22.6 Å². The van der Waals surface area contributed by atoms with Crippen LogP contribution >= 0.6 is 22.9 Å². The summed E-state index contributed by atoms with van der Waals surface area (Å²) in [6.07, 6.45) is 5.58. The van der Waals surface area contributed by atoms with E-state index in [0.717, 1.165) is 21.3 Å². The molecular weight excluding hydrogens is 446 g/mol. The second kappa shape index (κ2) is 9.27. The van der Waals surface area contributed by atoms with E-state index in [2.05, 4.69) is 15.6 Å². The van der Waals surface area contributed by atoms with Gasteiger partial charge in [-0.2, -0.15) is 5.26 Å². The van der Waals surface area contributed by atoms with Crippen molar-refractivity contribution in [2.45, 2.75) is 13.5 Å². The number of nitrogens with zero attached hydrogens (tertiary/aromatic N) is 3. The molecule has 4 aromatic rings. The highest BCUT2D eigenvalue weighted by atomic mass is 35.5. The maximum absolute atomic E-state index is 11.1. The van der Waals surface area contributed by atoms with Gasteiger partial charge in [-0.25, -0.2) is 9.78 Å². The molecule has 0 fully saturated rings. The highest BCUT2D eigenvalue weighted by molar-refractivity contribution is 7.13. The molecule has 0 saturated heterocycles. The van der Waals surface area contributed by atoms with Crippen LogP contribution in [0.4, 0.5) is 0 Å². The Kier molecular flexibility index (Phi) is 6.26. The molecule has 0 saturated carbocycles. The lowest BCUT2D eigenvalue weighted by Crippen LogP contribution is -1.95. The molecule has 2 aromatic carbocycles. The number of fused-ring (bicyclic) bond motifs is 1. The van der Waals surface area contributed by atoms with Crippen molar-refractivity contribution in [2.75, 3.05) is 6.61 Å².